The first kappa shape index (κ1) is 10.9. The van der Waals surface area contributed by atoms with E-state index in [-0.39, 0.29) is 5.11 Å². The summed E-state index contributed by atoms with van der Waals surface area (Å²) in [6, 6.07) is 7.58. The maximum atomic E-state index is 5.38. The molecule has 0 saturated heterocycles. The average Bonchev–Trinajstić information content (AvgIpc) is 2.16. The lowest BCUT2D eigenvalue weighted by Crippen LogP contribution is -2.19. The monoisotopic (exact) mass is 222 g/mol. The van der Waals surface area contributed by atoms with Crippen molar-refractivity contribution in [2.45, 2.75) is 0 Å². The number of benzene rings is 1. The predicted molar refractivity (Wildman–Crippen MR) is 67.6 cm³/mol. The van der Waals surface area contributed by atoms with E-state index in [1.165, 1.54) is 0 Å². The Morgan fingerprint density at radius 1 is 1.50 bits per heavy atom. The van der Waals surface area contributed by atoms with E-state index in [0.29, 0.717) is 5.75 Å². The van der Waals surface area contributed by atoms with E-state index in [2.05, 4.69) is 29.8 Å². The number of nitrogens with two attached hydrogens (primary N) is 1. The van der Waals surface area contributed by atoms with Crippen molar-refractivity contribution >= 4 is 35.6 Å². The van der Waals surface area contributed by atoms with Crippen molar-refractivity contribution in [3.05, 3.63) is 29.8 Å². The molecule has 0 aliphatic rings. The summed E-state index contributed by atoms with van der Waals surface area (Å²) in [5, 5.41) is 3.10. The number of rotatable bonds is 1. The predicted octanol–water partition coefficient (Wildman–Crippen LogP) is 1.62. The number of anilines is 1. The van der Waals surface area contributed by atoms with Gasteiger partial charge in [0.1, 0.15) is 0 Å². The molecule has 0 heterocycles. The van der Waals surface area contributed by atoms with Crippen LogP contribution < -0.4 is 11.1 Å². The second kappa shape index (κ2) is 5.53. The molecule has 1 aromatic carbocycles. The molecule has 0 fully saturated rings. The van der Waals surface area contributed by atoms with E-state index in [1.807, 2.05) is 24.3 Å². The molecule has 72 valence electrons. The summed E-state index contributed by atoms with van der Waals surface area (Å²) < 4.78 is 0. The van der Waals surface area contributed by atoms with Crippen LogP contribution in [0.4, 0.5) is 5.69 Å². The van der Waals surface area contributed by atoms with Crippen molar-refractivity contribution in [2.24, 2.45) is 5.73 Å². The SMILES string of the molecule is NC(=S)Nc1ccccc1C#CCS. The summed E-state index contributed by atoms with van der Waals surface area (Å²) in [6.45, 7) is 0. The lowest BCUT2D eigenvalue weighted by molar-refractivity contribution is 1.57. The Morgan fingerprint density at radius 2 is 2.21 bits per heavy atom. The van der Waals surface area contributed by atoms with Crippen LogP contribution >= 0.6 is 24.8 Å². The quantitative estimate of drug-likeness (QED) is 0.384. The van der Waals surface area contributed by atoms with Crippen LogP contribution in [0.5, 0.6) is 0 Å². The van der Waals surface area contributed by atoms with Gasteiger partial charge in [-0.05, 0) is 24.4 Å². The Bertz CT molecular complexity index is 391. The zero-order chi connectivity index (χ0) is 10.4. The van der Waals surface area contributed by atoms with Gasteiger partial charge >= 0.3 is 0 Å². The molecule has 2 nitrogen and oxygen atoms in total. The molecule has 0 bridgehead atoms. The van der Waals surface area contributed by atoms with Crippen LogP contribution in [0.2, 0.25) is 0 Å². The Kier molecular flexibility index (Phi) is 4.30. The van der Waals surface area contributed by atoms with Crippen molar-refractivity contribution in [3.8, 4) is 11.8 Å². The standard InChI is InChI=1S/C10H10N2S2/c11-10(14)12-9-6-2-1-4-8(9)5-3-7-13/h1-2,4,6,13H,7H2,(H3,11,12,14). The van der Waals surface area contributed by atoms with Gasteiger partial charge in [-0.2, -0.15) is 12.6 Å². The van der Waals surface area contributed by atoms with Gasteiger partial charge in [0, 0.05) is 5.56 Å². The molecular weight excluding hydrogens is 212 g/mol. The van der Waals surface area contributed by atoms with Crippen LogP contribution in [0.1, 0.15) is 5.56 Å². The maximum absolute atomic E-state index is 5.38. The number of para-hydroxylation sites is 1. The molecule has 14 heavy (non-hydrogen) atoms. The van der Waals surface area contributed by atoms with Gasteiger partial charge in [-0.1, -0.05) is 24.0 Å². The van der Waals surface area contributed by atoms with Crippen LogP contribution in [0.3, 0.4) is 0 Å². The third-order valence-electron chi connectivity index (χ3n) is 1.49. The highest BCUT2D eigenvalue weighted by molar-refractivity contribution is 7.80. The summed E-state index contributed by atoms with van der Waals surface area (Å²) in [6.07, 6.45) is 0. The molecule has 1 aromatic rings. The van der Waals surface area contributed by atoms with Gasteiger partial charge in [-0.3, -0.25) is 0 Å². The molecule has 4 heteroatoms. The zero-order valence-corrected chi connectivity index (χ0v) is 9.16. The third-order valence-corrected chi connectivity index (χ3v) is 1.75. The fraction of sp³-hybridized carbons (Fsp3) is 0.100. The molecule has 1 rings (SSSR count). The van der Waals surface area contributed by atoms with Crippen LogP contribution in [0, 0.1) is 11.8 Å². The zero-order valence-electron chi connectivity index (χ0n) is 7.45. The van der Waals surface area contributed by atoms with Gasteiger partial charge in [0.05, 0.1) is 11.4 Å². The first-order valence-corrected chi connectivity index (χ1v) is 5.03. The van der Waals surface area contributed by atoms with Gasteiger partial charge in [0.25, 0.3) is 0 Å². The normalized spacial score (nSPS) is 8.64. The summed E-state index contributed by atoms with van der Waals surface area (Å²) in [5.74, 6) is 6.36. The van der Waals surface area contributed by atoms with Crippen LogP contribution in [-0.2, 0) is 0 Å². The van der Waals surface area contributed by atoms with Gasteiger partial charge < -0.3 is 11.1 Å². The van der Waals surface area contributed by atoms with E-state index in [1.54, 1.807) is 0 Å². The Labute approximate surface area is 94.3 Å². The van der Waals surface area contributed by atoms with Gasteiger partial charge in [0.15, 0.2) is 5.11 Å². The number of thiol groups is 1. The molecular formula is C10H10N2S2. The van der Waals surface area contributed by atoms with Crippen molar-refractivity contribution in [1.82, 2.24) is 0 Å². The fourth-order valence-corrected chi connectivity index (χ4v) is 1.16. The minimum Gasteiger partial charge on any atom is -0.376 e. The lowest BCUT2D eigenvalue weighted by atomic mass is 10.2. The Balaban J connectivity index is 2.96. The van der Waals surface area contributed by atoms with E-state index in [4.69, 9.17) is 18.0 Å². The van der Waals surface area contributed by atoms with Gasteiger partial charge in [-0.15, -0.1) is 0 Å². The summed E-state index contributed by atoms with van der Waals surface area (Å²) in [7, 11) is 0. The van der Waals surface area contributed by atoms with Crippen LogP contribution in [0.25, 0.3) is 0 Å². The second-order valence-corrected chi connectivity index (χ2v) is 3.25. The highest BCUT2D eigenvalue weighted by Crippen LogP contribution is 2.12. The van der Waals surface area contributed by atoms with Crippen molar-refractivity contribution < 1.29 is 0 Å². The Hall–Kier alpha value is -1.18. The van der Waals surface area contributed by atoms with Gasteiger partial charge in [0.2, 0.25) is 0 Å². The first-order chi connectivity index (χ1) is 6.74. The summed E-state index contributed by atoms with van der Waals surface area (Å²) in [5.41, 5.74) is 7.08. The smallest absolute Gasteiger partial charge is 0.168 e. The lowest BCUT2D eigenvalue weighted by Gasteiger charge is -2.05. The molecule has 0 radical (unpaired) electrons. The fourth-order valence-electron chi connectivity index (χ4n) is 0.969. The van der Waals surface area contributed by atoms with Crippen molar-refractivity contribution in [3.63, 3.8) is 0 Å². The third kappa shape index (κ3) is 3.29. The topological polar surface area (TPSA) is 38.0 Å². The van der Waals surface area contributed by atoms with E-state index in [0.717, 1.165) is 11.3 Å². The first-order valence-electron chi connectivity index (χ1n) is 3.99. The number of thiocarbonyl (C=S) groups is 1. The molecule has 0 atom stereocenters. The molecule has 0 aromatic heterocycles. The van der Waals surface area contributed by atoms with Crippen LogP contribution in [0.15, 0.2) is 24.3 Å². The van der Waals surface area contributed by atoms with E-state index >= 15 is 0 Å². The average molecular weight is 222 g/mol. The molecule has 0 aliphatic carbocycles. The second-order valence-electron chi connectivity index (χ2n) is 2.49. The highest BCUT2D eigenvalue weighted by atomic mass is 32.1. The molecule has 0 saturated carbocycles. The molecule has 0 amide bonds. The molecule has 0 unspecified atom stereocenters. The van der Waals surface area contributed by atoms with Crippen LogP contribution in [-0.4, -0.2) is 10.9 Å². The molecule has 0 aliphatic heterocycles. The minimum atomic E-state index is 0.241. The van der Waals surface area contributed by atoms with Crippen molar-refractivity contribution in [2.75, 3.05) is 11.1 Å². The number of hydrogen-bond donors (Lipinski definition) is 3. The molecule has 0 spiro atoms. The maximum Gasteiger partial charge on any atom is 0.168 e. The summed E-state index contributed by atoms with van der Waals surface area (Å²) in [4.78, 5) is 0. The van der Waals surface area contributed by atoms with Crippen molar-refractivity contribution in [1.29, 1.82) is 0 Å². The summed E-state index contributed by atoms with van der Waals surface area (Å²) >= 11 is 8.76. The van der Waals surface area contributed by atoms with E-state index in [9.17, 15) is 0 Å². The number of nitrogens with one attached hydrogen (secondary N) is 1. The highest BCUT2D eigenvalue weighted by Gasteiger charge is 1.97. The number of hydrogen-bond acceptors (Lipinski definition) is 2. The van der Waals surface area contributed by atoms with Gasteiger partial charge in [-0.25, -0.2) is 0 Å². The molecule has 3 N–H and O–H groups in total. The Morgan fingerprint density at radius 3 is 2.86 bits per heavy atom. The van der Waals surface area contributed by atoms with E-state index < -0.39 is 0 Å². The largest absolute Gasteiger partial charge is 0.376 e. The minimum absolute atomic E-state index is 0.241.